The third-order valence-corrected chi connectivity index (χ3v) is 4.98. The van der Waals surface area contributed by atoms with E-state index in [9.17, 15) is 23.5 Å². The van der Waals surface area contributed by atoms with Crippen molar-refractivity contribution in [2.24, 2.45) is 0 Å². The minimum atomic E-state index is -0.824. The largest absolute Gasteiger partial charge is 0.443 e. The average molecular weight is 482 g/mol. The molecule has 180 valence electrons. The Labute approximate surface area is 197 Å². The molecule has 1 amide bonds. The number of nitrogens with zero attached hydrogens (tertiary/aromatic N) is 4. The quantitative estimate of drug-likeness (QED) is 0.363. The summed E-state index contributed by atoms with van der Waals surface area (Å²) < 4.78 is 34.5. The summed E-state index contributed by atoms with van der Waals surface area (Å²) in [5.74, 6) is -2.66. The first-order valence-corrected chi connectivity index (χ1v) is 10.4. The number of aromatic nitrogens is 4. The Balaban J connectivity index is 1.76. The van der Waals surface area contributed by atoms with Crippen molar-refractivity contribution in [3.8, 4) is 22.8 Å². The van der Waals surface area contributed by atoms with E-state index in [0.29, 0.717) is 5.56 Å². The molecule has 0 aliphatic carbocycles. The Morgan fingerprint density at radius 2 is 1.94 bits per heavy atom. The first kappa shape index (κ1) is 23.7. The minimum absolute atomic E-state index is 0.0188. The van der Waals surface area contributed by atoms with Gasteiger partial charge in [-0.25, -0.2) is 23.7 Å². The predicted octanol–water partition coefficient (Wildman–Crippen LogP) is 2.13. The Kier molecular flexibility index (Phi) is 6.64. The summed E-state index contributed by atoms with van der Waals surface area (Å²) >= 11 is 0. The fourth-order valence-electron chi connectivity index (χ4n) is 3.36. The molecule has 0 bridgehead atoms. The number of nitrogen functional groups attached to an aromatic ring is 1. The number of halogens is 2. The molecule has 0 unspecified atom stereocenters. The molecular weight excluding hydrogens is 462 g/mol. The number of pyridine rings is 1. The van der Waals surface area contributed by atoms with Crippen LogP contribution in [0, 0.1) is 11.6 Å². The lowest BCUT2D eigenvalue weighted by Crippen LogP contribution is -2.27. The molecule has 0 spiro atoms. The van der Waals surface area contributed by atoms with E-state index >= 15 is 0 Å². The van der Waals surface area contributed by atoms with Crippen LogP contribution < -0.4 is 16.6 Å². The molecule has 1 atom stereocenters. The van der Waals surface area contributed by atoms with Gasteiger partial charge in [0.25, 0.3) is 11.5 Å². The Morgan fingerprint density at radius 1 is 1.20 bits per heavy atom. The van der Waals surface area contributed by atoms with Gasteiger partial charge in [0, 0.05) is 29.9 Å². The lowest BCUT2D eigenvalue weighted by Gasteiger charge is -2.13. The highest BCUT2D eigenvalue weighted by molar-refractivity contribution is 5.97. The molecule has 4 N–H and O–H groups in total. The zero-order valence-electron chi connectivity index (χ0n) is 18.4. The van der Waals surface area contributed by atoms with Crippen LogP contribution in [-0.4, -0.2) is 36.6 Å². The second-order valence-electron chi connectivity index (χ2n) is 7.63. The van der Waals surface area contributed by atoms with Crippen molar-refractivity contribution >= 4 is 11.7 Å². The van der Waals surface area contributed by atoms with Crippen LogP contribution >= 0.6 is 0 Å². The number of carbonyl (C=O) groups excluding carboxylic acids is 1. The van der Waals surface area contributed by atoms with Crippen LogP contribution in [0.1, 0.15) is 23.0 Å². The molecule has 0 radical (unpaired) electrons. The lowest BCUT2D eigenvalue weighted by molar-refractivity contribution is 0.0946. The lowest BCUT2D eigenvalue weighted by atomic mass is 10.1. The van der Waals surface area contributed by atoms with Crippen molar-refractivity contribution in [2.75, 3.05) is 5.73 Å². The van der Waals surface area contributed by atoms with Crippen LogP contribution in [0.15, 0.2) is 58.2 Å². The van der Waals surface area contributed by atoms with Gasteiger partial charge in [-0.2, -0.15) is 0 Å². The van der Waals surface area contributed by atoms with Gasteiger partial charge in [0.05, 0.1) is 18.8 Å². The molecule has 0 aliphatic heterocycles. The molecule has 1 aromatic carbocycles. The third-order valence-electron chi connectivity index (χ3n) is 4.98. The molecule has 35 heavy (non-hydrogen) atoms. The molecule has 0 saturated carbocycles. The summed E-state index contributed by atoms with van der Waals surface area (Å²) in [4.78, 5) is 37.7. The highest BCUT2D eigenvalue weighted by Crippen LogP contribution is 2.29. The van der Waals surface area contributed by atoms with Crippen molar-refractivity contribution < 1.29 is 23.1 Å². The number of rotatable bonds is 7. The van der Waals surface area contributed by atoms with E-state index in [1.165, 1.54) is 48.3 Å². The van der Waals surface area contributed by atoms with E-state index in [1.807, 2.05) is 0 Å². The highest BCUT2D eigenvalue weighted by atomic mass is 19.1. The minimum Gasteiger partial charge on any atom is -0.443 e. The van der Waals surface area contributed by atoms with Gasteiger partial charge in [0.15, 0.2) is 17.2 Å². The van der Waals surface area contributed by atoms with E-state index in [4.69, 9.17) is 10.2 Å². The second-order valence-corrected chi connectivity index (χ2v) is 7.63. The normalized spacial score (nSPS) is 11.9. The number of aliphatic hydroxyl groups excluding tert-OH is 1. The SMILES string of the molecule is C[C@H](O)Cn1cc(-c2nc(C(=O)NCc3c(F)cccc3F)c(N)nc2-c2ncco2)ccc1=O. The van der Waals surface area contributed by atoms with Gasteiger partial charge in [-0.15, -0.1) is 0 Å². The summed E-state index contributed by atoms with van der Waals surface area (Å²) in [5, 5.41) is 12.1. The van der Waals surface area contributed by atoms with Crippen LogP contribution in [0.2, 0.25) is 0 Å². The number of oxazole rings is 1. The molecular formula is C23H20F2N6O4. The molecule has 0 fully saturated rings. The standard InChI is InChI=1S/C23H20F2N6O4/c1-12(32)10-31-11-13(5-6-17(31)33)18-19(23-27-7-8-35-23)30-21(26)20(29-18)22(34)28-9-14-15(24)3-2-4-16(14)25/h2-8,11-12,32H,9-10H2,1H3,(H2,26,30)(H,28,34)/t12-/m0/s1. The number of anilines is 1. The number of hydrogen-bond donors (Lipinski definition) is 3. The number of carbonyl (C=O) groups is 1. The number of aliphatic hydroxyl groups is 1. The molecule has 0 saturated heterocycles. The van der Waals surface area contributed by atoms with Crippen molar-refractivity contribution in [2.45, 2.75) is 26.1 Å². The third kappa shape index (κ3) is 5.06. The smallest absolute Gasteiger partial charge is 0.274 e. The molecule has 4 aromatic rings. The monoisotopic (exact) mass is 482 g/mol. The van der Waals surface area contributed by atoms with Gasteiger partial charge in [-0.3, -0.25) is 9.59 Å². The van der Waals surface area contributed by atoms with E-state index in [2.05, 4.69) is 20.3 Å². The van der Waals surface area contributed by atoms with Crippen LogP contribution in [-0.2, 0) is 13.1 Å². The van der Waals surface area contributed by atoms with Gasteiger partial charge in [-0.05, 0) is 25.1 Å². The molecule has 3 heterocycles. The van der Waals surface area contributed by atoms with Crippen molar-refractivity contribution in [3.63, 3.8) is 0 Å². The first-order valence-electron chi connectivity index (χ1n) is 10.4. The fraction of sp³-hybridized carbons (Fsp3) is 0.174. The van der Waals surface area contributed by atoms with Gasteiger partial charge in [0.1, 0.15) is 23.6 Å². The summed E-state index contributed by atoms with van der Waals surface area (Å²) in [6.45, 7) is 1.10. The Bertz CT molecular complexity index is 1420. The number of hydrogen-bond acceptors (Lipinski definition) is 8. The van der Waals surface area contributed by atoms with Gasteiger partial charge in [-0.1, -0.05) is 6.07 Å². The maximum Gasteiger partial charge on any atom is 0.274 e. The highest BCUT2D eigenvalue weighted by Gasteiger charge is 2.23. The van der Waals surface area contributed by atoms with E-state index in [0.717, 1.165) is 12.1 Å². The molecule has 4 rings (SSSR count). The number of amides is 1. The van der Waals surface area contributed by atoms with E-state index in [1.54, 1.807) is 0 Å². The Morgan fingerprint density at radius 3 is 2.60 bits per heavy atom. The van der Waals surface area contributed by atoms with E-state index in [-0.39, 0.29) is 46.5 Å². The van der Waals surface area contributed by atoms with Crippen molar-refractivity contribution in [1.82, 2.24) is 24.8 Å². The van der Waals surface area contributed by atoms with E-state index < -0.39 is 30.2 Å². The molecule has 3 aromatic heterocycles. The van der Waals surface area contributed by atoms with Gasteiger partial charge >= 0.3 is 0 Å². The maximum atomic E-state index is 13.9. The Hall–Kier alpha value is -4.45. The summed E-state index contributed by atoms with van der Waals surface area (Å²) in [6, 6.07) is 6.10. The number of benzene rings is 1. The van der Waals surface area contributed by atoms with Crippen LogP contribution in [0.25, 0.3) is 22.8 Å². The zero-order chi connectivity index (χ0) is 25.1. The first-order chi connectivity index (χ1) is 16.7. The van der Waals surface area contributed by atoms with Crippen molar-refractivity contribution in [1.29, 1.82) is 0 Å². The zero-order valence-corrected chi connectivity index (χ0v) is 18.4. The molecule has 12 heteroatoms. The van der Waals surface area contributed by atoms with Crippen LogP contribution in [0.4, 0.5) is 14.6 Å². The van der Waals surface area contributed by atoms with Gasteiger partial charge < -0.3 is 25.1 Å². The maximum absolute atomic E-state index is 13.9. The number of nitrogens with one attached hydrogen (secondary N) is 1. The summed E-state index contributed by atoms with van der Waals surface area (Å²) in [6.07, 6.45) is 3.34. The fourth-order valence-corrected chi connectivity index (χ4v) is 3.36. The van der Waals surface area contributed by atoms with Gasteiger partial charge in [0.2, 0.25) is 5.89 Å². The summed E-state index contributed by atoms with van der Waals surface area (Å²) in [5.41, 5.74) is 5.57. The molecule has 0 aliphatic rings. The topological polar surface area (TPSA) is 149 Å². The summed E-state index contributed by atoms with van der Waals surface area (Å²) in [7, 11) is 0. The van der Waals surface area contributed by atoms with Crippen molar-refractivity contribution in [3.05, 3.63) is 82.2 Å². The number of nitrogens with two attached hydrogens (primary N) is 1. The predicted molar refractivity (Wildman–Crippen MR) is 121 cm³/mol. The van der Waals surface area contributed by atoms with Crippen LogP contribution in [0.3, 0.4) is 0 Å². The average Bonchev–Trinajstić information content (AvgIpc) is 3.34. The van der Waals surface area contributed by atoms with Crippen LogP contribution in [0.5, 0.6) is 0 Å². The molecule has 10 nitrogen and oxygen atoms in total. The second kappa shape index (κ2) is 9.81.